The van der Waals surface area contributed by atoms with Gasteiger partial charge in [0.15, 0.2) is 0 Å². The third kappa shape index (κ3) is 5.43. The first-order valence-corrected chi connectivity index (χ1v) is 6.85. The molecule has 0 aromatic heterocycles. The summed E-state index contributed by atoms with van der Waals surface area (Å²) in [7, 11) is 3.88. The van der Waals surface area contributed by atoms with E-state index in [1.165, 1.54) is 6.07 Å². The molecule has 1 aromatic rings. The first kappa shape index (κ1) is 17.0. The van der Waals surface area contributed by atoms with Gasteiger partial charge in [0, 0.05) is 12.6 Å². The molecular weight excluding hydrogens is 270 g/mol. The number of anilines is 1. The number of aromatic carboxylic acids is 1. The number of hydrogen-bond acceptors (Lipinski definition) is 3. The fourth-order valence-corrected chi connectivity index (χ4v) is 1.92. The molecule has 21 heavy (non-hydrogen) atoms. The van der Waals surface area contributed by atoms with Crippen molar-refractivity contribution in [1.29, 1.82) is 0 Å². The second-order valence-electron chi connectivity index (χ2n) is 5.56. The van der Waals surface area contributed by atoms with E-state index in [1.54, 1.807) is 18.2 Å². The van der Waals surface area contributed by atoms with Crippen LogP contribution in [0, 0.1) is 5.92 Å². The number of carbonyl (C=O) groups excluding carboxylic acids is 1. The Morgan fingerprint density at radius 3 is 2.38 bits per heavy atom. The number of nitrogens with zero attached hydrogens (tertiary/aromatic N) is 1. The molecule has 0 spiro atoms. The maximum Gasteiger partial charge on any atom is 0.337 e. The van der Waals surface area contributed by atoms with Crippen LogP contribution in [0.3, 0.4) is 0 Å². The van der Waals surface area contributed by atoms with Crippen LogP contribution < -0.4 is 10.6 Å². The molecule has 2 amide bonds. The predicted molar refractivity (Wildman–Crippen MR) is 82.7 cm³/mol. The van der Waals surface area contributed by atoms with E-state index in [2.05, 4.69) is 10.6 Å². The Bertz CT molecular complexity index is 501. The minimum Gasteiger partial charge on any atom is -0.478 e. The number of carbonyl (C=O) groups is 2. The van der Waals surface area contributed by atoms with E-state index in [0.717, 1.165) is 0 Å². The number of hydrogen-bond donors (Lipinski definition) is 3. The molecule has 0 aliphatic heterocycles. The van der Waals surface area contributed by atoms with E-state index < -0.39 is 12.0 Å². The number of para-hydroxylation sites is 1. The largest absolute Gasteiger partial charge is 0.478 e. The van der Waals surface area contributed by atoms with Crippen molar-refractivity contribution in [2.45, 2.75) is 19.9 Å². The Morgan fingerprint density at radius 1 is 1.24 bits per heavy atom. The first-order valence-electron chi connectivity index (χ1n) is 6.85. The molecule has 0 saturated carbocycles. The molecule has 0 aliphatic carbocycles. The molecule has 0 radical (unpaired) electrons. The SMILES string of the molecule is CC(C)C(CN(C)C)NC(=O)Nc1ccccc1C(=O)O. The quantitative estimate of drug-likeness (QED) is 0.750. The highest BCUT2D eigenvalue weighted by molar-refractivity contribution is 6.00. The number of carboxylic acid groups (broad SMARTS) is 1. The minimum absolute atomic E-state index is 0.0167. The van der Waals surface area contributed by atoms with Gasteiger partial charge in [0.05, 0.1) is 11.3 Å². The third-order valence-corrected chi connectivity index (χ3v) is 3.09. The van der Waals surface area contributed by atoms with Crippen LogP contribution in [-0.4, -0.2) is 48.7 Å². The molecule has 0 aliphatic rings. The van der Waals surface area contributed by atoms with Crippen LogP contribution in [-0.2, 0) is 0 Å². The minimum atomic E-state index is -1.07. The van der Waals surface area contributed by atoms with Gasteiger partial charge in [-0.3, -0.25) is 0 Å². The molecule has 3 N–H and O–H groups in total. The normalized spacial score (nSPS) is 12.3. The van der Waals surface area contributed by atoms with Gasteiger partial charge >= 0.3 is 12.0 Å². The van der Waals surface area contributed by atoms with Crippen molar-refractivity contribution in [1.82, 2.24) is 10.2 Å². The standard InChI is InChI=1S/C15H23N3O3/c1-10(2)13(9-18(3)4)17-15(21)16-12-8-6-5-7-11(12)14(19)20/h5-8,10,13H,9H2,1-4H3,(H,19,20)(H2,16,17,21). The van der Waals surface area contributed by atoms with Crippen LogP contribution in [0.1, 0.15) is 24.2 Å². The van der Waals surface area contributed by atoms with E-state index in [4.69, 9.17) is 5.11 Å². The van der Waals surface area contributed by atoms with Gasteiger partial charge in [-0.1, -0.05) is 26.0 Å². The molecular formula is C15H23N3O3. The molecule has 1 unspecified atom stereocenters. The van der Waals surface area contributed by atoms with Crippen LogP contribution in [0.2, 0.25) is 0 Å². The molecule has 6 heteroatoms. The lowest BCUT2D eigenvalue weighted by atomic mass is 10.0. The summed E-state index contributed by atoms with van der Waals surface area (Å²) in [5, 5.41) is 14.6. The van der Waals surface area contributed by atoms with Gasteiger partial charge in [-0.2, -0.15) is 0 Å². The van der Waals surface area contributed by atoms with Crippen LogP contribution in [0.15, 0.2) is 24.3 Å². The third-order valence-electron chi connectivity index (χ3n) is 3.09. The van der Waals surface area contributed by atoms with Crippen LogP contribution >= 0.6 is 0 Å². The van der Waals surface area contributed by atoms with E-state index in [1.807, 2.05) is 32.8 Å². The van der Waals surface area contributed by atoms with Crippen molar-refractivity contribution in [2.75, 3.05) is 26.0 Å². The summed E-state index contributed by atoms with van der Waals surface area (Å²) in [6.45, 7) is 4.77. The Balaban J connectivity index is 2.75. The monoisotopic (exact) mass is 293 g/mol. The zero-order chi connectivity index (χ0) is 16.0. The summed E-state index contributed by atoms with van der Waals surface area (Å²) < 4.78 is 0. The summed E-state index contributed by atoms with van der Waals surface area (Å²) >= 11 is 0. The Kier molecular flexibility index (Phi) is 6.17. The maximum atomic E-state index is 12.0. The fourth-order valence-electron chi connectivity index (χ4n) is 1.92. The highest BCUT2D eigenvalue weighted by Gasteiger charge is 2.18. The van der Waals surface area contributed by atoms with Gasteiger partial charge in [-0.25, -0.2) is 9.59 Å². The molecule has 6 nitrogen and oxygen atoms in total. The van der Waals surface area contributed by atoms with E-state index in [9.17, 15) is 9.59 Å². The van der Waals surface area contributed by atoms with Gasteiger partial charge in [-0.15, -0.1) is 0 Å². The van der Waals surface area contributed by atoms with Crippen molar-refractivity contribution in [3.63, 3.8) is 0 Å². The van der Waals surface area contributed by atoms with Crippen molar-refractivity contribution in [3.8, 4) is 0 Å². The predicted octanol–water partition coefficient (Wildman–Crippen LogP) is 2.09. The topological polar surface area (TPSA) is 81.7 Å². The fraction of sp³-hybridized carbons (Fsp3) is 0.467. The Labute approximate surface area is 125 Å². The lowest BCUT2D eigenvalue weighted by Crippen LogP contribution is -2.46. The smallest absolute Gasteiger partial charge is 0.337 e. The Hall–Kier alpha value is -2.08. The van der Waals surface area contributed by atoms with Gasteiger partial charge in [0.2, 0.25) is 0 Å². The first-order chi connectivity index (χ1) is 9.81. The molecule has 1 atom stereocenters. The number of benzene rings is 1. The summed E-state index contributed by atoms with van der Waals surface area (Å²) in [4.78, 5) is 25.1. The van der Waals surface area contributed by atoms with Crippen molar-refractivity contribution in [3.05, 3.63) is 29.8 Å². The van der Waals surface area contributed by atoms with E-state index in [-0.39, 0.29) is 23.2 Å². The highest BCUT2D eigenvalue weighted by atomic mass is 16.4. The van der Waals surface area contributed by atoms with Crippen molar-refractivity contribution < 1.29 is 14.7 Å². The molecule has 0 heterocycles. The number of carboxylic acids is 1. The number of nitrogens with one attached hydrogen (secondary N) is 2. The van der Waals surface area contributed by atoms with Crippen LogP contribution in [0.25, 0.3) is 0 Å². The van der Waals surface area contributed by atoms with E-state index in [0.29, 0.717) is 6.54 Å². The van der Waals surface area contributed by atoms with Gasteiger partial charge in [-0.05, 0) is 32.1 Å². The second-order valence-corrected chi connectivity index (χ2v) is 5.56. The molecule has 1 rings (SSSR count). The lowest BCUT2D eigenvalue weighted by molar-refractivity contribution is 0.0698. The molecule has 0 bridgehead atoms. The summed E-state index contributed by atoms with van der Waals surface area (Å²) in [5.41, 5.74) is 0.358. The molecule has 0 saturated heterocycles. The number of urea groups is 1. The second kappa shape index (κ2) is 7.64. The van der Waals surface area contributed by atoms with Gasteiger partial charge in [0.25, 0.3) is 0 Å². The Morgan fingerprint density at radius 2 is 1.86 bits per heavy atom. The summed E-state index contributed by atoms with van der Waals surface area (Å²) in [5.74, 6) is -0.799. The summed E-state index contributed by atoms with van der Waals surface area (Å²) in [6, 6.07) is 5.91. The zero-order valence-electron chi connectivity index (χ0n) is 12.9. The van der Waals surface area contributed by atoms with Gasteiger partial charge in [0.1, 0.15) is 0 Å². The molecule has 1 aromatic carbocycles. The number of likely N-dealkylation sites (N-methyl/N-ethyl adjacent to an activating group) is 1. The van der Waals surface area contributed by atoms with Crippen molar-refractivity contribution >= 4 is 17.7 Å². The average molecular weight is 293 g/mol. The highest BCUT2D eigenvalue weighted by Crippen LogP contribution is 2.15. The summed E-state index contributed by atoms with van der Waals surface area (Å²) in [6.07, 6.45) is 0. The molecule has 116 valence electrons. The van der Waals surface area contributed by atoms with Crippen LogP contribution in [0.4, 0.5) is 10.5 Å². The van der Waals surface area contributed by atoms with Gasteiger partial charge < -0.3 is 20.6 Å². The zero-order valence-corrected chi connectivity index (χ0v) is 12.9. The van der Waals surface area contributed by atoms with E-state index >= 15 is 0 Å². The molecule has 0 fully saturated rings. The maximum absolute atomic E-state index is 12.0. The lowest BCUT2D eigenvalue weighted by Gasteiger charge is -2.25. The average Bonchev–Trinajstić information content (AvgIpc) is 2.37. The van der Waals surface area contributed by atoms with Crippen molar-refractivity contribution in [2.24, 2.45) is 5.92 Å². The number of amides is 2. The van der Waals surface area contributed by atoms with Crippen LogP contribution in [0.5, 0.6) is 0 Å². The number of rotatable bonds is 6.